The minimum Gasteiger partial charge on any atom is -0.710 e. The van der Waals surface area contributed by atoms with Crippen molar-refractivity contribution in [3.8, 4) is 0 Å². The second kappa shape index (κ2) is 7.64. The minimum absolute atomic E-state index is 0.0299. The first-order chi connectivity index (χ1) is 15.0. The van der Waals surface area contributed by atoms with Gasteiger partial charge in [-0.3, -0.25) is 4.79 Å². The SMILES string of the molecule is Cc1cc(Nc2cc(N[C@@H]3CCC[C@H]3O)ncn2)[n+]([O-])c2c1C(=O)NC21CCCCC1. The summed E-state index contributed by atoms with van der Waals surface area (Å²) >= 11 is 0. The third-order valence-electron chi connectivity index (χ3n) is 6.88. The number of carbonyl (C=O) groups is 1. The summed E-state index contributed by atoms with van der Waals surface area (Å²) in [5.41, 5.74) is 1.22. The quantitative estimate of drug-likeness (QED) is 0.438. The lowest BCUT2D eigenvalue weighted by Gasteiger charge is -2.34. The number of aliphatic hydroxyl groups excluding tert-OH is 1. The average Bonchev–Trinajstić information content (AvgIpc) is 3.27. The van der Waals surface area contributed by atoms with Gasteiger partial charge in [-0.25, -0.2) is 15.0 Å². The molecule has 1 amide bonds. The Kier molecular flexibility index (Phi) is 4.92. The first kappa shape index (κ1) is 20.0. The number of amides is 1. The van der Waals surface area contributed by atoms with Gasteiger partial charge in [0.2, 0.25) is 5.82 Å². The van der Waals surface area contributed by atoms with Crippen molar-refractivity contribution >= 4 is 23.4 Å². The molecule has 0 bridgehead atoms. The van der Waals surface area contributed by atoms with E-state index in [0.29, 0.717) is 28.7 Å². The molecule has 4 N–H and O–H groups in total. The molecule has 1 aliphatic heterocycles. The lowest BCUT2D eigenvalue weighted by Crippen LogP contribution is -2.49. The second-order valence-corrected chi connectivity index (χ2v) is 8.99. The molecular weight excluding hydrogens is 396 g/mol. The number of aliphatic hydroxyl groups is 1. The van der Waals surface area contributed by atoms with E-state index in [0.717, 1.165) is 61.7 Å². The van der Waals surface area contributed by atoms with Crippen LogP contribution in [0, 0.1) is 12.1 Å². The maximum Gasteiger partial charge on any atom is 0.284 e. The van der Waals surface area contributed by atoms with Crippen LogP contribution in [-0.4, -0.2) is 33.1 Å². The van der Waals surface area contributed by atoms with Gasteiger partial charge in [0, 0.05) is 12.1 Å². The molecule has 0 radical (unpaired) electrons. The Morgan fingerprint density at radius 2 is 1.94 bits per heavy atom. The Morgan fingerprint density at radius 1 is 1.16 bits per heavy atom. The summed E-state index contributed by atoms with van der Waals surface area (Å²) in [5.74, 6) is 1.25. The molecule has 9 nitrogen and oxygen atoms in total. The number of pyridine rings is 1. The highest BCUT2D eigenvalue weighted by Gasteiger charge is 2.48. The summed E-state index contributed by atoms with van der Waals surface area (Å²) in [6.07, 6.45) is 8.36. The van der Waals surface area contributed by atoms with Crippen LogP contribution in [-0.2, 0) is 5.54 Å². The number of hydrogen-bond acceptors (Lipinski definition) is 7. The summed E-state index contributed by atoms with van der Waals surface area (Å²) in [6.45, 7) is 1.86. The zero-order valence-corrected chi connectivity index (χ0v) is 17.6. The van der Waals surface area contributed by atoms with Crippen LogP contribution < -0.4 is 20.7 Å². The van der Waals surface area contributed by atoms with Crippen LogP contribution in [0.3, 0.4) is 0 Å². The van der Waals surface area contributed by atoms with Crippen LogP contribution in [0.15, 0.2) is 18.5 Å². The van der Waals surface area contributed by atoms with Gasteiger partial charge >= 0.3 is 0 Å². The molecule has 3 heterocycles. The van der Waals surface area contributed by atoms with Crippen molar-refractivity contribution in [3.05, 3.63) is 40.5 Å². The fourth-order valence-corrected chi connectivity index (χ4v) is 5.34. The Bertz CT molecular complexity index is 1020. The number of nitrogens with zero attached hydrogens (tertiary/aromatic N) is 3. The summed E-state index contributed by atoms with van der Waals surface area (Å²) in [7, 11) is 0. The smallest absolute Gasteiger partial charge is 0.284 e. The third-order valence-corrected chi connectivity index (χ3v) is 6.88. The van der Waals surface area contributed by atoms with Crippen molar-refractivity contribution < 1.29 is 14.6 Å². The van der Waals surface area contributed by atoms with Gasteiger partial charge in [-0.1, -0.05) is 19.3 Å². The largest absolute Gasteiger partial charge is 0.710 e. The predicted molar refractivity (Wildman–Crippen MR) is 115 cm³/mol. The van der Waals surface area contributed by atoms with Gasteiger partial charge in [-0.15, -0.1) is 0 Å². The fourth-order valence-electron chi connectivity index (χ4n) is 5.34. The normalized spacial score (nSPS) is 24.1. The van der Waals surface area contributed by atoms with Crippen molar-refractivity contribution in [2.24, 2.45) is 0 Å². The van der Waals surface area contributed by atoms with Crippen LogP contribution in [0.5, 0.6) is 0 Å². The molecule has 3 aliphatic rings. The average molecular weight is 425 g/mol. The van der Waals surface area contributed by atoms with Crippen molar-refractivity contribution in [2.75, 3.05) is 10.6 Å². The molecule has 0 saturated heterocycles. The highest BCUT2D eigenvalue weighted by Crippen LogP contribution is 2.42. The van der Waals surface area contributed by atoms with E-state index in [1.165, 1.54) is 6.33 Å². The number of anilines is 3. The molecule has 0 unspecified atom stereocenters. The lowest BCUT2D eigenvalue weighted by molar-refractivity contribution is -0.603. The van der Waals surface area contributed by atoms with Gasteiger partial charge in [0.05, 0.1) is 17.7 Å². The molecule has 2 atom stereocenters. The summed E-state index contributed by atoms with van der Waals surface area (Å²) < 4.78 is 0.863. The molecule has 2 fully saturated rings. The molecule has 9 heteroatoms. The number of nitrogens with one attached hydrogen (secondary N) is 3. The molecule has 164 valence electrons. The van der Waals surface area contributed by atoms with Crippen LogP contribution >= 0.6 is 0 Å². The highest BCUT2D eigenvalue weighted by molar-refractivity contribution is 6.00. The number of fused-ring (bicyclic) bond motifs is 2. The molecule has 2 aliphatic carbocycles. The van der Waals surface area contributed by atoms with Gasteiger partial charge in [0.15, 0.2) is 0 Å². The molecule has 31 heavy (non-hydrogen) atoms. The van der Waals surface area contributed by atoms with Gasteiger partial charge in [-0.05, 0) is 44.6 Å². The van der Waals surface area contributed by atoms with E-state index in [1.807, 2.05) is 6.92 Å². The molecule has 2 aromatic rings. The van der Waals surface area contributed by atoms with Crippen LogP contribution in [0.2, 0.25) is 0 Å². The van der Waals surface area contributed by atoms with Gasteiger partial charge in [0.25, 0.3) is 11.7 Å². The van der Waals surface area contributed by atoms with E-state index < -0.39 is 5.54 Å². The first-order valence-electron chi connectivity index (χ1n) is 11.1. The van der Waals surface area contributed by atoms with Crippen LogP contribution in [0.4, 0.5) is 17.5 Å². The zero-order valence-electron chi connectivity index (χ0n) is 17.6. The number of rotatable bonds is 4. The van der Waals surface area contributed by atoms with E-state index in [1.54, 1.807) is 12.1 Å². The molecule has 2 saturated carbocycles. The van der Waals surface area contributed by atoms with E-state index in [2.05, 4.69) is 25.9 Å². The number of carbonyl (C=O) groups excluding carboxylic acids is 1. The maximum absolute atomic E-state index is 13.4. The van der Waals surface area contributed by atoms with E-state index in [9.17, 15) is 15.1 Å². The summed E-state index contributed by atoms with van der Waals surface area (Å²) in [6, 6.07) is 3.40. The first-order valence-corrected chi connectivity index (χ1v) is 11.1. The summed E-state index contributed by atoms with van der Waals surface area (Å²) in [5, 5.41) is 33.0. The predicted octanol–water partition coefficient (Wildman–Crippen LogP) is 2.39. The molecular formula is C22H28N6O3. The monoisotopic (exact) mass is 424 g/mol. The van der Waals surface area contributed by atoms with Crippen molar-refractivity contribution in [1.29, 1.82) is 0 Å². The zero-order chi connectivity index (χ0) is 21.6. The van der Waals surface area contributed by atoms with Crippen LogP contribution in [0.1, 0.15) is 73.0 Å². The Hall–Kier alpha value is -2.94. The second-order valence-electron chi connectivity index (χ2n) is 8.99. The molecule has 5 rings (SSSR count). The maximum atomic E-state index is 13.4. The van der Waals surface area contributed by atoms with Crippen LogP contribution in [0.25, 0.3) is 0 Å². The van der Waals surface area contributed by atoms with Crippen molar-refractivity contribution in [1.82, 2.24) is 15.3 Å². The van der Waals surface area contributed by atoms with E-state index >= 15 is 0 Å². The van der Waals surface area contributed by atoms with E-state index in [4.69, 9.17) is 0 Å². The number of hydrogen-bond donors (Lipinski definition) is 4. The fraction of sp³-hybridized carbons (Fsp3) is 0.545. The van der Waals surface area contributed by atoms with Gasteiger partial charge < -0.3 is 20.9 Å². The molecule has 2 aromatic heterocycles. The van der Waals surface area contributed by atoms with Crippen molar-refractivity contribution in [2.45, 2.75) is 76.0 Å². The Labute approximate surface area is 180 Å². The molecule has 0 aromatic carbocycles. The minimum atomic E-state index is -0.578. The number of aryl methyl sites for hydroxylation is 1. The third kappa shape index (κ3) is 3.46. The molecule has 1 spiro atoms. The highest BCUT2D eigenvalue weighted by atomic mass is 16.5. The summed E-state index contributed by atoms with van der Waals surface area (Å²) in [4.78, 5) is 21.2. The van der Waals surface area contributed by atoms with Gasteiger partial charge in [-0.2, -0.15) is 4.98 Å². The van der Waals surface area contributed by atoms with E-state index in [-0.39, 0.29) is 18.1 Å². The van der Waals surface area contributed by atoms with Crippen molar-refractivity contribution in [3.63, 3.8) is 0 Å². The topological polar surface area (TPSA) is 126 Å². The Balaban J connectivity index is 1.46. The van der Waals surface area contributed by atoms with Gasteiger partial charge in [0.1, 0.15) is 23.4 Å². The lowest BCUT2D eigenvalue weighted by atomic mass is 9.79. The number of aromatic nitrogens is 3. The Morgan fingerprint density at radius 3 is 2.68 bits per heavy atom. The standard InChI is InChI=1S/C22H28N6O3/c1-13-10-18(26-17-11-16(23-12-24-17)25-14-6-5-7-15(14)29)28(31)20-19(13)21(30)27-22(20)8-3-2-4-9-22/h10-12,14-15,29H,2-9H2,1H3,(H,27,30)(H2,23,24,25,26)/t14-,15-/m1/s1.